The molecule has 0 heterocycles. The van der Waals surface area contributed by atoms with Crippen molar-refractivity contribution in [3.05, 3.63) is 0 Å². The number of hydrogen-bond donors (Lipinski definition) is 0. The molecule has 12 heavy (non-hydrogen) atoms. The van der Waals surface area contributed by atoms with Crippen LogP contribution in [0.15, 0.2) is 0 Å². The van der Waals surface area contributed by atoms with Crippen molar-refractivity contribution in [3.8, 4) is 18.4 Å². The van der Waals surface area contributed by atoms with Crippen molar-refractivity contribution in [1.29, 1.82) is 5.26 Å². The Morgan fingerprint density at radius 2 is 2.25 bits per heavy atom. The van der Waals surface area contributed by atoms with Crippen LogP contribution in [0.5, 0.6) is 0 Å². The van der Waals surface area contributed by atoms with Gasteiger partial charge in [0.15, 0.2) is 0 Å². The minimum absolute atomic E-state index is 0.0997. The fourth-order valence-electron chi connectivity index (χ4n) is 1.03. The summed E-state index contributed by atoms with van der Waals surface area (Å²) in [6.45, 7) is 6.71. The second kappa shape index (κ2) is 6.70. The molecule has 0 aliphatic heterocycles. The Kier molecular flexibility index (Phi) is 6.15. The smallest absolute Gasteiger partial charge is 0.0666 e. The lowest BCUT2D eigenvalue weighted by atomic mass is 10.2. The van der Waals surface area contributed by atoms with E-state index in [1.807, 2.05) is 6.92 Å². The van der Waals surface area contributed by atoms with Crippen molar-refractivity contribution >= 4 is 0 Å². The van der Waals surface area contributed by atoms with Crippen molar-refractivity contribution < 1.29 is 0 Å². The van der Waals surface area contributed by atoms with Crippen LogP contribution in [0.2, 0.25) is 0 Å². The van der Waals surface area contributed by atoms with Crippen LogP contribution in [0.25, 0.3) is 0 Å². The number of hydrogen-bond acceptors (Lipinski definition) is 2. The van der Waals surface area contributed by atoms with Gasteiger partial charge < -0.3 is 4.90 Å². The molecule has 2 heteroatoms. The minimum atomic E-state index is 0.0997. The average Bonchev–Trinajstić information content (AvgIpc) is 2.11. The van der Waals surface area contributed by atoms with Crippen LogP contribution >= 0.6 is 0 Å². The molecule has 0 fully saturated rings. The molecule has 0 N–H and O–H groups in total. The van der Waals surface area contributed by atoms with Crippen molar-refractivity contribution in [2.24, 2.45) is 5.92 Å². The molecule has 0 saturated carbocycles. The van der Waals surface area contributed by atoms with E-state index in [2.05, 4.69) is 23.8 Å². The molecule has 0 radical (unpaired) electrons. The van der Waals surface area contributed by atoms with E-state index in [1.165, 1.54) is 0 Å². The number of nitrogens with zero attached hydrogens (tertiary/aromatic N) is 2. The Morgan fingerprint density at radius 3 is 2.67 bits per heavy atom. The van der Waals surface area contributed by atoms with Crippen LogP contribution < -0.4 is 0 Å². The van der Waals surface area contributed by atoms with Crippen LogP contribution in [-0.2, 0) is 0 Å². The lowest BCUT2D eigenvalue weighted by Gasteiger charge is -2.19. The van der Waals surface area contributed by atoms with Crippen molar-refractivity contribution in [2.75, 3.05) is 19.6 Å². The quantitative estimate of drug-likeness (QED) is 0.576. The summed E-state index contributed by atoms with van der Waals surface area (Å²) in [5, 5.41) is 8.59. The second-order valence-electron chi connectivity index (χ2n) is 2.88. The standard InChI is InChI=1S/C10H16N2/c1-4-6-7-12(5-2)9-10(3)8-11/h1,10H,5-7,9H2,2-3H3. The zero-order valence-electron chi connectivity index (χ0n) is 7.88. The molecule has 0 aliphatic rings. The zero-order valence-corrected chi connectivity index (χ0v) is 7.88. The molecule has 0 aromatic heterocycles. The Bertz CT molecular complexity index is 185. The minimum Gasteiger partial charge on any atom is -0.301 e. The van der Waals surface area contributed by atoms with Gasteiger partial charge in [-0.3, -0.25) is 0 Å². The summed E-state index contributed by atoms with van der Waals surface area (Å²) < 4.78 is 0. The first-order valence-corrected chi connectivity index (χ1v) is 4.30. The van der Waals surface area contributed by atoms with E-state index >= 15 is 0 Å². The normalized spacial score (nSPS) is 12.1. The Morgan fingerprint density at radius 1 is 1.58 bits per heavy atom. The topological polar surface area (TPSA) is 27.0 Å². The molecule has 0 aliphatic carbocycles. The lowest BCUT2D eigenvalue weighted by molar-refractivity contribution is 0.275. The number of terminal acetylenes is 1. The molecule has 1 unspecified atom stereocenters. The van der Waals surface area contributed by atoms with Gasteiger partial charge in [-0.05, 0) is 13.5 Å². The highest BCUT2D eigenvalue weighted by molar-refractivity contribution is 4.86. The average molecular weight is 164 g/mol. The highest BCUT2D eigenvalue weighted by Crippen LogP contribution is 1.98. The van der Waals surface area contributed by atoms with E-state index in [1.54, 1.807) is 0 Å². The van der Waals surface area contributed by atoms with Crippen molar-refractivity contribution in [3.63, 3.8) is 0 Å². The van der Waals surface area contributed by atoms with E-state index in [4.69, 9.17) is 11.7 Å². The monoisotopic (exact) mass is 164 g/mol. The second-order valence-corrected chi connectivity index (χ2v) is 2.88. The zero-order chi connectivity index (χ0) is 9.40. The molecule has 0 aromatic carbocycles. The predicted molar refractivity (Wildman–Crippen MR) is 50.3 cm³/mol. The molecule has 0 spiro atoms. The maximum Gasteiger partial charge on any atom is 0.0666 e. The van der Waals surface area contributed by atoms with Gasteiger partial charge in [-0.15, -0.1) is 12.3 Å². The molecule has 0 rings (SSSR count). The van der Waals surface area contributed by atoms with Gasteiger partial charge in [0.2, 0.25) is 0 Å². The van der Waals surface area contributed by atoms with Crippen LogP contribution in [0, 0.1) is 29.6 Å². The summed E-state index contributed by atoms with van der Waals surface area (Å²) in [6, 6.07) is 2.21. The van der Waals surface area contributed by atoms with Crippen LogP contribution in [0.4, 0.5) is 0 Å². The first kappa shape index (κ1) is 11.0. The van der Waals surface area contributed by atoms with Gasteiger partial charge in [-0.2, -0.15) is 5.26 Å². The largest absolute Gasteiger partial charge is 0.301 e. The molecular weight excluding hydrogens is 148 g/mol. The highest BCUT2D eigenvalue weighted by Gasteiger charge is 2.05. The van der Waals surface area contributed by atoms with Crippen LogP contribution in [-0.4, -0.2) is 24.5 Å². The van der Waals surface area contributed by atoms with Gasteiger partial charge in [0.1, 0.15) is 0 Å². The molecule has 0 amide bonds. The first-order chi connectivity index (χ1) is 5.74. The fraction of sp³-hybridized carbons (Fsp3) is 0.700. The molecule has 2 nitrogen and oxygen atoms in total. The summed E-state index contributed by atoms with van der Waals surface area (Å²) in [5.41, 5.74) is 0. The summed E-state index contributed by atoms with van der Waals surface area (Å²) in [7, 11) is 0. The SMILES string of the molecule is C#CCCN(CC)CC(C)C#N. The maximum atomic E-state index is 8.59. The molecule has 0 bridgehead atoms. The summed E-state index contributed by atoms with van der Waals surface area (Å²) in [4.78, 5) is 2.20. The summed E-state index contributed by atoms with van der Waals surface area (Å²) >= 11 is 0. The number of nitriles is 1. The third kappa shape index (κ3) is 4.77. The maximum absolute atomic E-state index is 8.59. The van der Waals surface area contributed by atoms with Gasteiger partial charge in [0.25, 0.3) is 0 Å². The van der Waals surface area contributed by atoms with Gasteiger partial charge in [-0.1, -0.05) is 6.92 Å². The number of rotatable bonds is 5. The molecule has 66 valence electrons. The molecule has 1 atom stereocenters. The van der Waals surface area contributed by atoms with E-state index in [0.717, 1.165) is 26.1 Å². The fourth-order valence-corrected chi connectivity index (χ4v) is 1.03. The van der Waals surface area contributed by atoms with Gasteiger partial charge in [-0.25, -0.2) is 0 Å². The lowest BCUT2D eigenvalue weighted by Crippen LogP contribution is -2.28. The molecular formula is C10H16N2. The van der Waals surface area contributed by atoms with Crippen molar-refractivity contribution in [2.45, 2.75) is 20.3 Å². The first-order valence-electron chi connectivity index (χ1n) is 4.30. The van der Waals surface area contributed by atoms with E-state index in [-0.39, 0.29) is 5.92 Å². The van der Waals surface area contributed by atoms with E-state index in [0.29, 0.717) is 0 Å². The van der Waals surface area contributed by atoms with Gasteiger partial charge >= 0.3 is 0 Å². The van der Waals surface area contributed by atoms with Gasteiger partial charge in [0, 0.05) is 19.5 Å². The van der Waals surface area contributed by atoms with E-state index in [9.17, 15) is 0 Å². The van der Waals surface area contributed by atoms with E-state index < -0.39 is 0 Å². The third-order valence-corrected chi connectivity index (χ3v) is 1.77. The van der Waals surface area contributed by atoms with Crippen molar-refractivity contribution in [1.82, 2.24) is 4.90 Å². The predicted octanol–water partition coefficient (Wildman–Crippen LogP) is 1.49. The summed E-state index contributed by atoms with van der Waals surface area (Å²) in [6.07, 6.45) is 5.92. The Hall–Kier alpha value is -0.990. The van der Waals surface area contributed by atoms with Crippen LogP contribution in [0.1, 0.15) is 20.3 Å². The van der Waals surface area contributed by atoms with Crippen LogP contribution in [0.3, 0.4) is 0 Å². The Balaban J connectivity index is 3.70. The summed E-state index contributed by atoms with van der Waals surface area (Å²) in [5.74, 6) is 2.70. The molecule has 0 aromatic rings. The highest BCUT2D eigenvalue weighted by atomic mass is 15.1. The molecule has 0 saturated heterocycles. The third-order valence-electron chi connectivity index (χ3n) is 1.77. The van der Waals surface area contributed by atoms with Gasteiger partial charge in [0.05, 0.1) is 12.0 Å². The Labute approximate surface area is 75.2 Å².